The highest BCUT2D eigenvalue weighted by atomic mass is 16.3. The third-order valence-electron chi connectivity index (χ3n) is 0.639. The van der Waals surface area contributed by atoms with Crippen molar-refractivity contribution in [2.24, 2.45) is 10.2 Å². The van der Waals surface area contributed by atoms with Crippen LogP contribution in [-0.2, 0) is 0 Å². The summed E-state index contributed by atoms with van der Waals surface area (Å²) in [5.74, 6) is 0. The highest BCUT2D eigenvalue weighted by molar-refractivity contribution is 4.56. The van der Waals surface area contributed by atoms with Crippen molar-refractivity contribution in [3.63, 3.8) is 0 Å². The molecule has 0 aliphatic rings. The Morgan fingerprint density at radius 1 is 1.44 bits per heavy atom. The van der Waals surface area contributed by atoms with E-state index in [0.717, 1.165) is 6.42 Å². The minimum absolute atomic E-state index is 0.698. The maximum absolute atomic E-state index is 8.98. The first kappa shape index (κ1) is 8.56. The van der Waals surface area contributed by atoms with Crippen LogP contribution >= 0.6 is 0 Å². The maximum atomic E-state index is 8.98. The Morgan fingerprint density at radius 2 is 2.00 bits per heavy atom. The Morgan fingerprint density at radius 3 is 2.33 bits per heavy atom. The van der Waals surface area contributed by atoms with Crippen molar-refractivity contribution >= 4 is 0 Å². The molecule has 0 saturated heterocycles. The first-order chi connectivity index (χ1) is 4.06. The zero-order valence-corrected chi connectivity index (χ0v) is 6.26. The maximum Gasteiger partial charge on any atom is 0.170 e. The lowest BCUT2D eigenvalue weighted by Gasteiger charge is -2.06. The van der Waals surface area contributed by atoms with E-state index in [-0.39, 0.29) is 0 Å². The number of hydrogen-bond donors (Lipinski definition) is 1. The summed E-state index contributed by atoms with van der Waals surface area (Å²) in [7, 11) is 0. The Balaban J connectivity index is 3.45. The zero-order chi connectivity index (χ0) is 7.33. The number of azo groups is 1. The van der Waals surface area contributed by atoms with E-state index in [4.69, 9.17) is 5.11 Å². The molecule has 0 aliphatic heterocycles. The van der Waals surface area contributed by atoms with Crippen LogP contribution in [0.5, 0.6) is 0 Å². The van der Waals surface area contributed by atoms with Crippen LogP contribution in [0.3, 0.4) is 0 Å². The second-order valence-electron chi connectivity index (χ2n) is 2.46. The van der Waals surface area contributed by atoms with Gasteiger partial charge >= 0.3 is 0 Å². The van der Waals surface area contributed by atoms with Crippen LogP contribution in [-0.4, -0.2) is 17.4 Å². The molecule has 1 N–H and O–H groups in total. The smallest absolute Gasteiger partial charge is 0.170 e. The van der Waals surface area contributed by atoms with Crippen LogP contribution in [0.25, 0.3) is 0 Å². The second-order valence-corrected chi connectivity index (χ2v) is 2.46. The van der Waals surface area contributed by atoms with Gasteiger partial charge in [-0.25, -0.2) is 0 Å². The van der Waals surface area contributed by atoms with Crippen LogP contribution in [0.4, 0.5) is 0 Å². The van der Waals surface area contributed by atoms with E-state index < -0.39 is 5.72 Å². The second kappa shape index (κ2) is 3.56. The Bertz CT molecular complexity index is 93.7. The van der Waals surface area contributed by atoms with Gasteiger partial charge in [0.15, 0.2) is 5.72 Å². The van der Waals surface area contributed by atoms with E-state index in [0.29, 0.717) is 6.54 Å². The van der Waals surface area contributed by atoms with Gasteiger partial charge in [0.2, 0.25) is 0 Å². The van der Waals surface area contributed by atoms with E-state index >= 15 is 0 Å². The van der Waals surface area contributed by atoms with Gasteiger partial charge in [0.1, 0.15) is 0 Å². The van der Waals surface area contributed by atoms with Crippen molar-refractivity contribution in [1.29, 1.82) is 0 Å². The fourth-order valence-corrected chi connectivity index (χ4v) is 0.323. The van der Waals surface area contributed by atoms with Crippen molar-refractivity contribution in [3.8, 4) is 0 Å². The highest BCUT2D eigenvalue weighted by Crippen LogP contribution is 2.02. The van der Waals surface area contributed by atoms with Crippen molar-refractivity contribution < 1.29 is 5.11 Å². The van der Waals surface area contributed by atoms with Crippen LogP contribution in [0.1, 0.15) is 27.2 Å². The van der Waals surface area contributed by atoms with Gasteiger partial charge in [-0.15, -0.1) is 0 Å². The lowest BCUT2D eigenvalue weighted by molar-refractivity contribution is 0.0816. The molecule has 0 aromatic carbocycles. The van der Waals surface area contributed by atoms with Crippen molar-refractivity contribution in [3.05, 3.63) is 0 Å². The SMILES string of the molecule is CCC/N=N/C(C)(C)O. The van der Waals surface area contributed by atoms with Gasteiger partial charge in [-0.05, 0) is 20.3 Å². The molecule has 0 aromatic rings. The summed E-state index contributed by atoms with van der Waals surface area (Å²) in [6.07, 6.45) is 0.972. The molecule has 54 valence electrons. The first-order valence-electron chi connectivity index (χ1n) is 3.17. The fraction of sp³-hybridized carbons (Fsp3) is 1.00. The van der Waals surface area contributed by atoms with E-state index in [9.17, 15) is 0 Å². The molecule has 0 rings (SSSR count). The van der Waals surface area contributed by atoms with Gasteiger partial charge in [-0.1, -0.05) is 6.92 Å². The molecule has 0 atom stereocenters. The van der Waals surface area contributed by atoms with Gasteiger partial charge in [-0.2, -0.15) is 10.2 Å². The van der Waals surface area contributed by atoms with Gasteiger partial charge in [0, 0.05) is 0 Å². The minimum atomic E-state index is -0.991. The summed E-state index contributed by atoms with van der Waals surface area (Å²) < 4.78 is 0. The van der Waals surface area contributed by atoms with E-state index in [1.165, 1.54) is 0 Å². The van der Waals surface area contributed by atoms with Gasteiger partial charge in [0.25, 0.3) is 0 Å². The predicted molar refractivity (Wildman–Crippen MR) is 36.3 cm³/mol. The molecule has 0 heterocycles. The Labute approximate surface area is 55.8 Å². The third kappa shape index (κ3) is 7.56. The number of hydrogen-bond acceptors (Lipinski definition) is 3. The van der Waals surface area contributed by atoms with Gasteiger partial charge < -0.3 is 5.11 Å². The zero-order valence-electron chi connectivity index (χ0n) is 6.26. The monoisotopic (exact) mass is 130 g/mol. The van der Waals surface area contributed by atoms with Gasteiger partial charge in [-0.3, -0.25) is 0 Å². The molecule has 3 nitrogen and oxygen atoms in total. The highest BCUT2D eigenvalue weighted by Gasteiger charge is 2.07. The number of aliphatic hydroxyl groups is 1. The standard InChI is InChI=1S/C6H14N2O/c1-4-5-7-8-6(2,3)9/h9H,4-5H2,1-3H3/b8-7+. The Hall–Kier alpha value is -0.440. The molecule has 0 aromatic heterocycles. The molecule has 0 spiro atoms. The quantitative estimate of drug-likeness (QED) is 0.579. The summed E-state index contributed by atoms with van der Waals surface area (Å²) >= 11 is 0. The molecule has 0 unspecified atom stereocenters. The average Bonchev–Trinajstić information content (AvgIpc) is 1.63. The summed E-state index contributed by atoms with van der Waals surface area (Å²) in [5.41, 5.74) is -0.991. The summed E-state index contributed by atoms with van der Waals surface area (Å²) in [4.78, 5) is 0. The molecule has 9 heavy (non-hydrogen) atoms. The lowest BCUT2D eigenvalue weighted by atomic mass is 10.3. The van der Waals surface area contributed by atoms with Crippen molar-refractivity contribution in [2.75, 3.05) is 6.54 Å². The third-order valence-corrected chi connectivity index (χ3v) is 0.639. The predicted octanol–water partition coefficient (Wildman–Crippen LogP) is 1.58. The van der Waals surface area contributed by atoms with Crippen LogP contribution < -0.4 is 0 Å². The minimum Gasteiger partial charge on any atom is -0.368 e. The lowest BCUT2D eigenvalue weighted by Crippen LogP contribution is -2.13. The molecule has 3 heteroatoms. The molecular weight excluding hydrogens is 116 g/mol. The van der Waals surface area contributed by atoms with Crippen molar-refractivity contribution in [2.45, 2.75) is 32.9 Å². The summed E-state index contributed by atoms with van der Waals surface area (Å²) in [6, 6.07) is 0. The van der Waals surface area contributed by atoms with E-state index in [1.54, 1.807) is 13.8 Å². The number of nitrogens with zero attached hydrogens (tertiary/aromatic N) is 2. The fourth-order valence-electron chi connectivity index (χ4n) is 0.323. The van der Waals surface area contributed by atoms with Crippen LogP contribution in [0, 0.1) is 0 Å². The molecule has 0 radical (unpaired) electrons. The number of rotatable bonds is 3. The normalized spacial score (nSPS) is 12.9. The van der Waals surface area contributed by atoms with Crippen LogP contribution in [0.2, 0.25) is 0 Å². The topological polar surface area (TPSA) is 45.0 Å². The summed E-state index contributed by atoms with van der Waals surface area (Å²) in [6.45, 7) is 5.92. The van der Waals surface area contributed by atoms with Gasteiger partial charge in [0.05, 0.1) is 6.54 Å². The molecular formula is C6H14N2O. The first-order valence-corrected chi connectivity index (χ1v) is 3.17. The molecule has 0 bridgehead atoms. The molecule has 0 saturated carbocycles. The van der Waals surface area contributed by atoms with E-state index in [2.05, 4.69) is 10.2 Å². The van der Waals surface area contributed by atoms with E-state index in [1.807, 2.05) is 6.92 Å². The molecule has 0 amide bonds. The molecule has 0 aliphatic carbocycles. The largest absolute Gasteiger partial charge is 0.368 e. The molecule has 0 fully saturated rings. The summed E-state index contributed by atoms with van der Waals surface area (Å²) in [5, 5.41) is 16.3. The van der Waals surface area contributed by atoms with Crippen molar-refractivity contribution in [1.82, 2.24) is 0 Å². The Kier molecular flexibility index (Phi) is 3.39. The average molecular weight is 130 g/mol. The van der Waals surface area contributed by atoms with Crippen LogP contribution in [0.15, 0.2) is 10.2 Å².